The van der Waals surface area contributed by atoms with Crippen molar-refractivity contribution in [3.63, 3.8) is 0 Å². The van der Waals surface area contributed by atoms with Crippen molar-refractivity contribution in [1.29, 1.82) is 0 Å². The minimum atomic E-state index is -3.63. The lowest BCUT2D eigenvalue weighted by molar-refractivity contribution is -0.128. The highest BCUT2D eigenvalue weighted by atomic mass is 32.2. The van der Waals surface area contributed by atoms with Gasteiger partial charge in [-0.25, -0.2) is 13.4 Å². The quantitative estimate of drug-likeness (QED) is 0.804. The van der Waals surface area contributed by atoms with E-state index in [1.807, 2.05) is 0 Å². The fourth-order valence-electron chi connectivity index (χ4n) is 2.30. The Morgan fingerprint density at radius 1 is 1.50 bits per heavy atom. The van der Waals surface area contributed by atoms with Gasteiger partial charge in [0.05, 0.1) is 5.41 Å². The van der Waals surface area contributed by atoms with Crippen LogP contribution in [0.2, 0.25) is 0 Å². The molecule has 0 aliphatic carbocycles. The van der Waals surface area contributed by atoms with E-state index in [0.29, 0.717) is 13.0 Å². The molecule has 1 amide bonds. The number of aromatic nitrogens is 1. The summed E-state index contributed by atoms with van der Waals surface area (Å²) in [6, 6.07) is 2.87. The zero-order valence-electron chi connectivity index (χ0n) is 11.5. The van der Waals surface area contributed by atoms with Gasteiger partial charge < -0.3 is 11.1 Å². The van der Waals surface area contributed by atoms with Gasteiger partial charge in [-0.15, -0.1) is 0 Å². The number of nitrogen functional groups attached to an aromatic ring is 1. The van der Waals surface area contributed by atoms with Crippen LogP contribution in [0.15, 0.2) is 23.2 Å². The van der Waals surface area contributed by atoms with E-state index in [-0.39, 0.29) is 23.2 Å². The second-order valence-corrected chi connectivity index (χ2v) is 7.09. The Kier molecular flexibility index (Phi) is 3.70. The van der Waals surface area contributed by atoms with Crippen LogP contribution in [0, 0.1) is 5.41 Å². The zero-order valence-corrected chi connectivity index (χ0v) is 12.3. The van der Waals surface area contributed by atoms with Crippen LogP contribution in [0.3, 0.4) is 0 Å². The number of amides is 1. The maximum atomic E-state index is 12.5. The lowest BCUT2D eigenvalue weighted by Crippen LogP contribution is -2.40. The van der Waals surface area contributed by atoms with Crippen LogP contribution >= 0.6 is 0 Å². The van der Waals surface area contributed by atoms with Crippen molar-refractivity contribution in [1.82, 2.24) is 14.6 Å². The van der Waals surface area contributed by atoms with Crippen molar-refractivity contribution >= 4 is 21.7 Å². The molecule has 0 radical (unpaired) electrons. The van der Waals surface area contributed by atoms with Crippen LogP contribution in [0.1, 0.15) is 13.3 Å². The summed E-state index contributed by atoms with van der Waals surface area (Å²) in [7, 11) is -2.08. The van der Waals surface area contributed by atoms with Gasteiger partial charge in [0.15, 0.2) is 0 Å². The molecule has 8 heteroatoms. The minimum absolute atomic E-state index is 0.0906. The molecule has 20 heavy (non-hydrogen) atoms. The second kappa shape index (κ2) is 5.02. The number of pyridine rings is 1. The normalized spacial score (nSPS) is 23.7. The highest BCUT2D eigenvalue weighted by Crippen LogP contribution is 2.33. The number of nitrogens with two attached hydrogens (primary N) is 1. The lowest BCUT2D eigenvalue weighted by atomic mass is 9.89. The molecule has 1 aromatic heterocycles. The number of carbonyl (C=O) groups is 1. The van der Waals surface area contributed by atoms with Crippen LogP contribution in [0.5, 0.6) is 0 Å². The fourth-order valence-corrected chi connectivity index (χ4v) is 3.82. The Morgan fingerprint density at radius 2 is 2.20 bits per heavy atom. The van der Waals surface area contributed by atoms with Gasteiger partial charge in [0.1, 0.15) is 10.7 Å². The summed E-state index contributed by atoms with van der Waals surface area (Å²) in [5.41, 5.74) is 4.76. The predicted octanol–water partition coefficient (Wildman–Crippen LogP) is -0.189. The summed E-state index contributed by atoms with van der Waals surface area (Å²) in [4.78, 5) is 15.7. The molecule has 0 bridgehead atoms. The summed E-state index contributed by atoms with van der Waals surface area (Å²) in [5.74, 6) is 0.117. The van der Waals surface area contributed by atoms with E-state index in [0.717, 1.165) is 0 Å². The standard InChI is InChI=1S/C12H18N4O3S/c1-12(11(17)14-2)5-6-16(8-12)20(18,19)9-3-4-10(13)15-7-9/h3-4,7H,5-6,8H2,1-2H3,(H2,13,15)(H,14,17). The second-order valence-electron chi connectivity index (χ2n) is 5.15. The summed E-state index contributed by atoms with van der Waals surface area (Å²) in [5, 5.41) is 2.58. The molecular formula is C12H18N4O3S. The lowest BCUT2D eigenvalue weighted by Gasteiger charge is -2.22. The maximum Gasteiger partial charge on any atom is 0.244 e. The van der Waals surface area contributed by atoms with Crippen LogP contribution in [0.25, 0.3) is 0 Å². The van der Waals surface area contributed by atoms with Crippen molar-refractivity contribution in [3.8, 4) is 0 Å². The van der Waals surface area contributed by atoms with E-state index < -0.39 is 15.4 Å². The number of hydrogen-bond donors (Lipinski definition) is 2. The van der Waals surface area contributed by atoms with Crippen LogP contribution in [0.4, 0.5) is 5.82 Å². The molecular weight excluding hydrogens is 280 g/mol. The molecule has 3 N–H and O–H groups in total. The van der Waals surface area contributed by atoms with Gasteiger partial charge in [-0.1, -0.05) is 0 Å². The zero-order chi connectivity index (χ0) is 15.0. The van der Waals surface area contributed by atoms with Crippen molar-refractivity contribution < 1.29 is 13.2 Å². The highest BCUT2D eigenvalue weighted by Gasteiger charge is 2.44. The molecule has 7 nitrogen and oxygen atoms in total. The molecule has 1 aliphatic rings. The largest absolute Gasteiger partial charge is 0.384 e. The first-order valence-electron chi connectivity index (χ1n) is 6.23. The Balaban J connectivity index is 2.25. The van der Waals surface area contributed by atoms with Crippen LogP contribution < -0.4 is 11.1 Å². The smallest absolute Gasteiger partial charge is 0.244 e. The highest BCUT2D eigenvalue weighted by molar-refractivity contribution is 7.89. The average Bonchev–Trinajstić information content (AvgIpc) is 2.83. The van der Waals surface area contributed by atoms with Gasteiger partial charge in [0.25, 0.3) is 0 Å². The Labute approximate surface area is 118 Å². The van der Waals surface area contributed by atoms with Crippen LogP contribution in [-0.4, -0.2) is 43.8 Å². The molecule has 1 fully saturated rings. The van der Waals surface area contributed by atoms with E-state index in [1.54, 1.807) is 14.0 Å². The van der Waals surface area contributed by atoms with Crippen molar-refractivity contribution in [3.05, 3.63) is 18.3 Å². The molecule has 1 aromatic rings. The first kappa shape index (κ1) is 14.7. The summed E-state index contributed by atoms with van der Waals surface area (Å²) in [6.07, 6.45) is 1.73. The summed E-state index contributed by atoms with van der Waals surface area (Å²) < 4.78 is 26.2. The van der Waals surface area contributed by atoms with Crippen LogP contribution in [-0.2, 0) is 14.8 Å². The van der Waals surface area contributed by atoms with E-state index in [9.17, 15) is 13.2 Å². The predicted molar refractivity (Wildman–Crippen MR) is 74.2 cm³/mol. The molecule has 0 saturated carbocycles. The van der Waals surface area contributed by atoms with Crippen molar-refractivity contribution in [2.24, 2.45) is 5.41 Å². The monoisotopic (exact) mass is 298 g/mol. The minimum Gasteiger partial charge on any atom is -0.384 e. The van der Waals surface area contributed by atoms with E-state index in [1.165, 1.54) is 22.6 Å². The number of hydrogen-bond acceptors (Lipinski definition) is 5. The van der Waals surface area contributed by atoms with Gasteiger partial charge in [-0.05, 0) is 25.5 Å². The average molecular weight is 298 g/mol. The SMILES string of the molecule is CNC(=O)C1(C)CCN(S(=O)(=O)c2ccc(N)nc2)C1. The number of nitrogens with one attached hydrogen (secondary N) is 1. The molecule has 110 valence electrons. The maximum absolute atomic E-state index is 12.5. The number of carbonyl (C=O) groups excluding carboxylic acids is 1. The molecule has 1 saturated heterocycles. The molecule has 1 atom stereocenters. The van der Waals surface area contributed by atoms with Gasteiger partial charge in [-0.3, -0.25) is 4.79 Å². The number of sulfonamides is 1. The number of rotatable bonds is 3. The third-order valence-electron chi connectivity index (χ3n) is 3.61. The van der Waals surface area contributed by atoms with E-state index in [4.69, 9.17) is 5.73 Å². The third-order valence-corrected chi connectivity index (χ3v) is 5.44. The molecule has 2 rings (SSSR count). The molecule has 0 aromatic carbocycles. The van der Waals surface area contributed by atoms with E-state index in [2.05, 4.69) is 10.3 Å². The van der Waals surface area contributed by atoms with Gasteiger partial charge in [-0.2, -0.15) is 4.31 Å². The first-order valence-corrected chi connectivity index (χ1v) is 7.67. The Hall–Kier alpha value is -1.67. The van der Waals surface area contributed by atoms with E-state index >= 15 is 0 Å². The topological polar surface area (TPSA) is 105 Å². The third kappa shape index (κ3) is 2.48. The molecule has 2 heterocycles. The molecule has 1 aliphatic heterocycles. The Morgan fingerprint density at radius 3 is 2.75 bits per heavy atom. The van der Waals surface area contributed by atoms with Gasteiger partial charge in [0.2, 0.25) is 15.9 Å². The summed E-state index contributed by atoms with van der Waals surface area (Å²) in [6.45, 7) is 2.25. The molecule has 1 unspecified atom stereocenters. The van der Waals surface area contributed by atoms with Gasteiger partial charge >= 0.3 is 0 Å². The van der Waals surface area contributed by atoms with Crippen molar-refractivity contribution in [2.75, 3.05) is 25.9 Å². The first-order chi connectivity index (χ1) is 9.29. The Bertz CT molecular complexity index is 614. The van der Waals surface area contributed by atoms with Gasteiger partial charge in [0, 0.05) is 26.3 Å². The van der Waals surface area contributed by atoms with Crippen molar-refractivity contribution in [2.45, 2.75) is 18.2 Å². The number of nitrogens with zero attached hydrogens (tertiary/aromatic N) is 2. The number of anilines is 1. The molecule has 0 spiro atoms. The summed E-state index contributed by atoms with van der Waals surface area (Å²) >= 11 is 0. The fraction of sp³-hybridized carbons (Fsp3) is 0.500.